The van der Waals surface area contributed by atoms with Crippen LogP contribution in [0.3, 0.4) is 0 Å². The van der Waals surface area contributed by atoms with Crippen LogP contribution in [-0.2, 0) is 4.79 Å². The van der Waals surface area contributed by atoms with Crippen molar-refractivity contribution in [3.05, 3.63) is 59.7 Å². The second kappa shape index (κ2) is 6.52. The van der Waals surface area contributed by atoms with Gasteiger partial charge in [0, 0.05) is 0 Å². The van der Waals surface area contributed by atoms with E-state index < -0.39 is 6.10 Å². The van der Waals surface area contributed by atoms with Crippen LogP contribution >= 0.6 is 0 Å². The van der Waals surface area contributed by atoms with Crippen molar-refractivity contribution in [1.29, 1.82) is 0 Å². The number of hydrogen-bond acceptors (Lipinski definition) is 4. The molecule has 1 N–H and O–H groups in total. The van der Waals surface area contributed by atoms with Gasteiger partial charge < -0.3 is 9.47 Å². The van der Waals surface area contributed by atoms with Crippen molar-refractivity contribution in [2.24, 2.45) is 5.10 Å². The van der Waals surface area contributed by atoms with Crippen LogP contribution in [-0.4, -0.2) is 24.3 Å². The van der Waals surface area contributed by atoms with Crippen molar-refractivity contribution < 1.29 is 14.3 Å². The molecule has 1 amide bonds. The maximum atomic E-state index is 12.2. The van der Waals surface area contributed by atoms with Gasteiger partial charge in [-0.25, -0.2) is 5.43 Å². The Bertz CT molecular complexity index is 738. The van der Waals surface area contributed by atoms with E-state index >= 15 is 0 Å². The van der Waals surface area contributed by atoms with Crippen LogP contribution < -0.4 is 14.9 Å². The van der Waals surface area contributed by atoms with E-state index in [4.69, 9.17) is 9.47 Å². The maximum Gasteiger partial charge on any atom is 0.284 e. The molecule has 0 spiro atoms. The first-order valence-corrected chi connectivity index (χ1v) is 7.43. The minimum Gasteiger partial charge on any atom is -0.485 e. The summed E-state index contributed by atoms with van der Waals surface area (Å²) in [6, 6.07) is 15.2. The lowest BCUT2D eigenvalue weighted by molar-refractivity contribution is -0.130. The van der Waals surface area contributed by atoms with Gasteiger partial charge in [-0.2, -0.15) is 5.10 Å². The number of ether oxygens (including phenoxy) is 2. The third-order valence-electron chi connectivity index (χ3n) is 3.60. The number of amides is 1. The van der Waals surface area contributed by atoms with Gasteiger partial charge in [-0.05, 0) is 31.5 Å². The zero-order valence-corrected chi connectivity index (χ0v) is 13.1. The molecule has 5 heteroatoms. The van der Waals surface area contributed by atoms with E-state index in [-0.39, 0.29) is 12.5 Å². The van der Waals surface area contributed by atoms with E-state index in [1.807, 2.05) is 56.3 Å². The molecule has 0 bridgehead atoms. The fraction of sp³-hybridized carbons (Fsp3) is 0.222. The van der Waals surface area contributed by atoms with E-state index in [0.29, 0.717) is 11.5 Å². The molecular weight excluding hydrogens is 292 g/mol. The molecule has 1 atom stereocenters. The fourth-order valence-corrected chi connectivity index (χ4v) is 2.22. The number of benzene rings is 2. The molecule has 0 radical (unpaired) electrons. The summed E-state index contributed by atoms with van der Waals surface area (Å²) in [4.78, 5) is 12.2. The summed E-state index contributed by atoms with van der Waals surface area (Å²) in [5, 5.41) is 4.14. The average Bonchev–Trinajstić information content (AvgIpc) is 2.59. The van der Waals surface area contributed by atoms with Crippen molar-refractivity contribution in [2.45, 2.75) is 20.0 Å². The van der Waals surface area contributed by atoms with Crippen LogP contribution in [0.4, 0.5) is 0 Å². The van der Waals surface area contributed by atoms with Crippen LogP contribution in [0.1, 0.15) is 18.1 Å². The number of carbonyl (C=O) groups is 1. The molecule has 0 saturated heterocycles. The lowest BCUT2D eigenvalue weighted by atomic mass is 10.1. The number of fused-ring (bicyclic) bond motifs is 1. The van der Waals surface area contributed by atoms with E-state index in [0.717, 1.165) is 11.3 Å². The van der Waals surface area contributed by atoms with E-state index in [9.17, 15) is 4.79 Å². The summed E-state index contributed by atoms with van der Waals surface area (Å²) in [6.45, 7) is 4.04. The quantitative estimate of drug-likeness (QED) is 0.700. The Kier molecular flexibility index (Phi) is 4.28. The summed E-state index contributed by atoms with van der Waals surface area (Å²) in [5.41, 5.74) is 5.41. The second-order valence-electron chi connectivity index (χ2n) is 5.40. The highest BCUT2D eigenvalue weighted by Gasteiger charge is 2.27. The van der Waals surface area contributed by atoms with Gasteiger partial charge in [-0.3, -0.25) is 4.79 Å². The number of nitrogens with one attached hydrogen (secondary N) is 1. The number of para-hydroxylation sites is 2. The summed E-state index contributed by atoms with van der Waals surface area (Å²) < 4.78 is 11.2. The molecule has 2 aromatic rings. The third kappa shape index (κ3) is 3.51. The largest absolute Gasteiger partial charge is 0.485 e. The Morgan fingerprint density at radius 3 is 2.57 bits per heavy atom. The predicted molar refractivity (Wildman–Crippen MR) is 87.9 cm³/mol. The summed E-state index contributed by atoms with van der Waals surface area (Å²) in [7, 11) is 0. The Balaban J connectivity index is 1.63. The second-order valence-corrected chi connectivity index (χ2v) is 5.40. The first kappa shape index (κ1) is 15.1. The van der Waals surface area contributed by atoms with E-state index in [1.54, 1.807) is 6.07 Å². The Morgan fingerprint density at radius 1 is 1.13 bits per heavy atom. The summed E-state index contributed by atoms with van der Waals surface area (Å²) >= 11 is 0. The minimum atomic E-state index is -0.709. The highest BCUT2D eigenvalue weighted by atomic mass is 16.6. The van der Waals surface area contributed by atoms with Crippen LogP contribution in [0.5, 0.6) is 11.5 Å². The van der Waals surface area contributed by atoms with Gasteiger partial charge >= 0.3 is 0 Å². The number of hydrogen-bond donors (Lipinski definition) is 1. The predicted octanol–water partition coefficient (Wildman–Crippen LogP) is 2.68. The number of aryl methyl sites for hydroxylation is 1. The van der Waals surface area contributed by atoms with Crippen LogP contribution in [0.15, 0.2) is 53.6 Å². The number of hydrazone groups is 1. The molecule has 5 nitrogen and oxygen atoms in total. The molecular formula is C18H18N2O3. The van der Waals surface area contributed by atoms with E-state index in [2.05, 4.69) is 10.5 Å². The lowest BCUT2D eigenvalue weighted by Gasteiger charge is -2.24. The van der Waals surface area contributed by atoms with Gasteiger partial charge in [-0.1, -0.05) is 42.0 Å². The SMILES string of the molecule is C/C(=N/NC(=O)[C@H]1COc2ccccc2O1)c1ccc(C)cc1. The van der Waals surface area contributed by atoms with Crippen molar-refractivity contribution >= 4 is 11.6 Å². The topological polar surface area (TPSA) is 59.9 Å². The average molecular weight is 310 g/mol. The van der Waals surface area contributed by atoms with Gasteiger partial charge in [-0.15, -0.1) is 0 Å². The number of carbonyl (C=O) groups excluding carboxylic acids is 1. The molecule has 0 aliphatic carbocycles. The molecule has 23 heavy (non-hydrogen) atoms. The van der Waals surface area contributed by atoms with Gasteiger partial charge in [0.25, 0.3) is 5.91 Å². The molecule has 0 saturated carbocycles. The van der Waals surface area contributed by atoms with E-state index in [1.165, 1.54) is 5.56 Å². The molecule has 1 aliphatic rings. The minimum absolute atomic E-state index is 0.169. The zero-order chi connectivity index (χ0) is 16.2. The van der Waals surface area contributed by atoms with Crippen molar-refractivity contribution in [1.82, 2.24) is 5.43 Å². The number of nitrogens with zero attached hydrogens (tertiary/aromatic N) is 1. The monoisotopic (exact) mass is 310 g/mol. The van der Waals surface area contributed by atoms with Crippen LogP contribution in [0, 0.1) is 6.92 Å². The smallest absolute Gasteiger partial charge is 0.284 e. The summed E-state index contributed by atoms with van der Waals surface area (Å²) in [5.74, 6) is 0.889. The summed E-state index contributed by atoms with van der Waals surface area (Å²) in [6.07, 6.45) is -0.709. The van der Waals surface area contributed by atoms with Crippen molar-refractivity contribution in [2.75, 3.05) is 6.61 Å². The molecule has 118 valence electrons. The molecule has 1 heterocycles. The lowest BCUT2D eigenvalue weighted by Crippen LogP contribution is -2.42. The Morgan fingerprint density at radius 2 is 1.83 bits per heavy atom. The Hall–Kier alpha value is -2.82. The van der Waals surface area contributed by atoms with Gasteiger partial charge in [0.1, 0.15) is 6.61 Å². The normalized spacial score (nSPS) is 16.8. The third-order valence-corrected chi connectivity index (χ3v) is 3.60. The van der Waals surface area contributed by atoms with Gasteiger partial charge in [0.05, 0.1) is 5.71 Å². The van der Waals surface area contributed by atoms with Crippen LogP contribution in [0.2, 0.25) is 0 Å². The van der Waals surface area contributed by atoms with Crippen molar-refractivity contribution in [3.63, 3.8) is 0 Å². The Labute approximate surface area is 134 Å². The molecule has 3 rings (SSSR count). The molecule has 0 unspecified atom stereocenters. The van der Waals surface area contributed by atoms with Gasteiger partial charge in [0.15, 0.2) is 11.5 Å². The first-order chi connectivity index (χ1) is 11.1. The molecule has 0 fully saturated rings. The zero-order valence-electron chi connectivity index (χ0n) is 13.1. The standard InChI is InChI=1S/C18H18N2O3/c1-12-7-9-14(10-8-12)13(2)19-20-18(21)17-11-22-15-5-3-4-6-16(15)23-17/h3-10,17H,11H2,1-2H3,(H,20,21)/b19-13-/t17-/m1/s1. The first-order valence-electron chi connectivity index (χ1n) is 7.43. The molecule has 1 aliphatic heterocycles. The number of rotatable bonds is 3. The fourth-order valence-electron chi connectivity index (χ4n) is 2.22. The molecule has 2 aromatic carbocycles. The maximum absolute atomic E-state index is 12.2. The van der Waals surface area contributed by atoms with Gasteiger partial charge in [0.2, 0.25) is 6.10 Å². The van der Waals surface area contributed by atoms with Crippen molar-refractivity contribution in [3.8, 4) is 11.5 Å². The highest BCUT2D eigenvalue weighted by molar-refractivity contribution is 5.99. The molecule has 0 aromatic heterocycles. The van der Waals surface area contributed by atoms with Crippen LogP contribution in [0.25, 0.3) is 0 Å². The highest BCUT2D eigenvalue weighted by Crippen LogP contribution is 2.30.